The van der Waals surface area contributed by atoms with E-state index in [0.29, 0.717) is 5.75 Å². The van der Waals surface area contributed by atoms with E-state index in [1.165, 1.54) is 12.1 Å². The van der Waals surface area contributed by atoms with Crippen LogP contribution in [0.1, 0.15) is 10.4 Å². The maximum Gasteiger partial charge on any atom is 0.377 e. The molecule has 1 heterocycles. The van der Waals surface area contributed by atoms with Gasteiger partial charge in [0.2, 0.25) is 0 Å². The van der Waals surface area contributed by atoms with E-state index >= 15 is 0 Å². The Morgan fingerprint density at radius 2 is 2.12 bits per heavy atom. The van der Waals surface area contributed by atoms with Crippen molar-refractivity contribution in [3.05, 3.63) is 29.8 Å². The van der Waals surface area contributed by atoms with Crippen molar-refractivity contribution in [3.8, 4) is 5.75 Å². The fourth-order valence-electron chi connectivity index (χ4n) is 1.31. The molecule has 0 radical (unpaired) electrons. The summed E-state index contributed by atoms with van der Waals surface area (Å²) in [5, 5.41) is 8.57. The third-order valence-corrected chi connectivity index (χ3v) is 3.42. The van der Waals surface area contributed by atoms with Crippen LogP contribution in [0.4, 0.5) is 0 Å². The molecule has 1 aromatic carbocycles. The Morgan fingerprint density at radius 1 is 1.38 bits per heavy atom. The van der Waals surface area contributed by atoms with Crippen LogP contribution < -0.4 is 4.74 Å². The van der Waals surface area contributed by atoms with Gasteiger partial charge >= 0.3 is 5.97 Å². The molecule has 0 aromatic heterocycles. The van der Waals surface area contributed by atoms with Gasteiger partial charge < -0.3 is 9.84 Å². The monoisotopic (exact) mass is 238 g/mol. The molecule has 0 saturated carbocycles. The summed E-state index contributed by atoms with van der Waals surface area (Å²) in [7, 11) is 0. The van der Waals surface area contributed by atoms with Gasteiger partial charge in [0.1, 0.15) is 11.9 Å². The minimum atomic E-state index is -1.45. The molecule has 0 aliphatic carbocycles. The summed E-state index contributed by atoms with van der Waals surface area (Å²) in [4.78, 5) is 21.7. The topological polar surface area (TPSA) is 63.6 Å². The molecule has 1 N–H and O–H groups in total. The van der Waals surface area contributed by atoms with Crippen LogP contribution in [-0.2, 0) is 4.79 Å². The van der Waals surface area contributed by atoms with Crippen LogP contribution in [0.2, 0.25) is 0 Å². The number of carbonyl (C=O) groups is 2. The molecule has 0 bridgehead atoms. The first kappa shape index (κ1) is 11.0. The van der Waals surface area contributed by atoms with Gasteiger partial charge in [0, 0.05) is 17.1 Å². The van der Waals surface area contributed by atoms with Gasteiger partial charge in [-0.2, -0.15) is 11.8 Å². The molecule has 1 saturated heterocycles. The van der Waals surface area contributed by atoms with Crippen LogP contribution in [0.25, 0.3) is 0 Å². The van der Waals surface area contributed by atoms with E-state index in [2.05, 4.69) is 0 Å². The average Bonchev–Trinajstić information content (AvgIpc) is 2.23. The second kappa shape index (κ2) is 4.57. The molecule has 84 valence electrons. The lowest BCUT2D eigenvalue weighted by Gasteiger charge is -2.25. The second-order valence-corrected chi connectivity index (χ2v) is 4.51. The van der Waals surface area contributed by atoms with Gasteiger partial charge in [0.05, 0.1) is 0 Å². The number of carboxylic acids is 1. The highest BCUT2D eigenvalue weighted by molar-refractivity contribution is 8.00. The molecule has 4 nitrogen and oxygen atoms in total. The fraction of sp³-hybridized carbons (Fsp3) is 0.273. The van der Waals surface area contributed by atoms with Crippen molar-refractivity contribution < 1.29 is 19.4 Å². The number of rotatable bonds is 4. The predicted octanol–water partition coefficient (Wildman–Crippen LogP) is 1.45. The van der Waals surface area contributed by atoms with E-state index in [-0.39, 0.29) is 11.7 Å². The van der Waals surface area contributed by atoms with Crippen LogP contribution in [-0.4, -0.2) is 34.5 Å². The molecular formula is C11H10O4S. The zero-order valence-electron chi connectivity index (χ0n) is 8.38. The largest absolute Gasteiger partial charge is 0.489 e. The molecule has 16 heavy (non-hydrogen) atoms. The Labute approximate surface area is 96.6 Å². The number of ketones is 1. The maximum absolute atomic E-state index is 11.2. The lowest BCUT2D eigenvalue weighted by Crippen LogP contribution is -2.31. The fourth-order valence-corrected chi connectivity index (χ4v) is 1.87. The van der Waals surface area contributed by atoms with E-state index in [9.17, 15) is 9.59 Å². The van der Waals surface area contributed by atoms with E-state index < -0.39 is 11.8 Å². The highest BCUT2D eigenvalue weighted by Crippen LogP contribution is 2.24. The summed E-state index contributed by atoms with van der Waals surface area (Å²) in [5.41, 5.74) is 0.150. The summed E-state index contributed by atoms with van der Waals surface area (Å²) < 4.78 is 5.55. The number of ether oxygens (including phenoxy) is 1. The molecule has 5 heteroatoms. The number of Topliss-reactive ketones (excluding diaryl/α,β-unsaturated/α-hetero) is 1. The molecule has 0 spiro atoms. The van der Waals surface area contributed by atoms with Crippen LogP contribution in [0.15, 0.2) is 24.3 Å². The highest BCUT2D eigenvalue weighted by atomic mass is 32.2. The van der Waals surface area contributed by atoms with Gasteiger partial charge in [-0.15, -0.1) is 0 Å². The molecule has 0 unspecified atom stereocenters. The number of aliphatic carboxylic acids is 1. The second-order valence-electron chi connectivity index (χ2n) is 3.44. The van der Waals surface area contributed by atoms with E-state index in [0.717, 1.165) is 11.5 Å². The minimum Gasteiger partial charge on any atom is -0.489 e. The summed E-state index contributed by atoms with van der Waals surface area (Å²) in [6.07, 6.45) is 0.181. The molecule has 1 aliphatic rings. The third kappa shape index (κ3) is 2.36. The number of benzene rings is 1. The van der Waals surface area contributed by atoms with Gasteiger partial charge in [0.25, 0.3) is 5.78 Å². The molecule has 2 rings (SSSR count). The van der Waals surface area contributed by atoms with Crippen molar-refractivity contribution in [1.82, 2.24) is 0 Å². The molecule has 1 aliphatic heterocycles. The first-order chi connectivity index (χ1) is 7.66. The van der Waals surface area contributed by atoms with Crippen molar-refractivity contribution >= 4 is 23.5 Å². The standard InChI is InChI=1S/C11H10O4S/c12-10(11(13)14)7-2-1-3-8(4-7)15-9-5-16-6-9/h1-4,9H,5-6H2,(H,13,14). The maximum atomic E-state index is 11.2. The van der Waals surface area contributed by atoms with Gasteiger partial charge in [0.15, 0.2) is 0 Å². The number of hydrogen-bond acceptors (Lipinski definition) is 4. The molecular weight excluding hydrogens is 228 g/mol. The molecule has 1 fully saturated rings. The summed E-state index contributed by atoms with van der Waals surface area (Å²) in [6.45, 7) is 0. The van der Waals surface area contributed by atoms with Crippen molar-refractivity contribution in [2.75, 3.05) is 11.5 Å². The Hall–Kier alpha value is -1.49. The van der Waals surface area contributed by atoms with Crippen molar-refractivity contribution in [2.45, 2.75) is 6.10 Å². The van der Waals surface area contributed by atoms with Gasteiger partial charge in [-0.25, -0.2) is 4.79 Å². The first-order valence-electron chi connectivity index (χ1n) is 4.79. The smallest absolute Gasteiger partial charge is 0.377 e. The Bertz CT molecular complexity index is 426. The predicted molar refractivity (Wildman–Crippen MR) is 60.1 cm³/mol. The van der Waals surface area contributed by atoms with Crippen LogP contribution in [0.5, 0.6) is 5.75 Å². The lowest BCUT2D eigenvalue weighted by atomic mass is 10.1. The summed E-state index contributed by atoms with van der Waals surface area (Å²) in [5.74, 6) is 0.0796. The van der Waals surface area contributed by atoms with E-state index in [1.807, 2.05) is 0 Å². The van der Waals surface area contributed by atoms with Gasteiger partial charge in [-0.05, 0) is 12.1 Å². The molecule has 0 amide bonds. The number of thioether (sulfide) groups is 1. The zero-order valence-corrected chi connectivity index (χ0v) is 9.20. The summed E-state index contributed by atoms with van der Waals surface area (Å²) in [6, 6.07) is 6.29. The minimum absolute atomic E-state index is 0.150. The highest BCUT2D eigenvalue weighted by Gasteiger charge is 2.21. The van der Waals surface area contributed by atoms with Crippen molar-refractivity contribution in [1.29, 1.82) is 0 Å². The lowest BCUT2D eigenvalue weighted by molar-refractivity contribution is -0.131. The molecule has 0 atom stereocenters. The normalized spacial score (nSPS) is 15.2. The zero-order chi connectivity index (χ0) is 11.5. The van der Waals surface area contributed by atoms with Gasteiger partial charge in [-0.1, -0.05) is 12.1 Å². The quantitative estimate of drug-likeness (QED) is 0.635. The van der Waals surface area contributed by atoms with Crippen LogP contribution >= 0.6 is 11.8 Å². The van der Waals surface area contributed by atoms with Crippen LogP contribution in [0, 0.1) is 0 Å². The molecule has 1 aromatic rings. The Morgan fingerprint density at radius 3 is 2.69 bits per heavy atom. The number of carboxylic acid groups (broad SMARTS) is 1. The Kier molecular flexibility index (Phi) is 3.14. The first-order valence-corrected chi connectivity index (χ1v) is 5.94. The SMILES string of the molecule is O=C(O)C(=O)c1cccc(OC2CSC2)c1. The van der Waals surface area contributed by atoms with Gasteiger partial charge in [-0.3, -0.25) is 4.79 Å². The van der Waals surface area contributed by atoms with Crippen molar-refractivity contribution in [3.63, 3.8) is 0 Å². The average molecular weight is 238 g/mol. The number of hydrogen-bond donors (Lipinski definition) is 1. The summed E-state index contributed by atoms with van der Waals surface area (Å²) >= 11 is 1.79. The van der Waals surface area contributed by atoms with E-state index in [4.69, 9.17) is 9.84 Å². The van der Waals surface area contributed by atoms with Crippen molar-refractivity contribution in [2.24, 2.45) is 0 Å². The third-order valence-electron chi connectivity index (χ3n) is 2.20. The number of carbonyl (C=O) groups excluding carboxylic acids is 1. The Balaban J connectivity index is 2.12. The van der Waals surface area contributed by atoms with E-state index in [1.54, 1.807) is 23.9 Å². The van der Waals surface area contributed by atoms with Crippen LogP contribution in [0.3, 0.4) is 0 Å².